The third kappa shape index (κ3) is 3.60. The number of aryl methyl sites for hydroxylation is 1. The van der Waals surface area contributed by atoms with Crippen LogP contribution in [-0.4, -0.2) is 26.2 Å². The van der Waals surface area contributed by atoms with Crippen molar-refractivity contribution in [2.75, 3.05) is 16.9 Å². The molecule has 162 valence electrons. The van der Waals surface area contributed by atoms with E-state index in [0.29, 0.717) is 24.6 Å². The molecule has 0 bridgehead atoms. The molecule has 32 heavy (non-hydrogen) atoms. The molecule has 1 N–H and O–H groups in total. The summed E-state index contributed by atoms with van der Waals surface area (Å²) in [6.07, 6.45) is 5.53. The van der Waals surface area contributed by atoms with Crippen LogP contribution in [0.2, 0.25) is 0 Å². The predicted molar refractivity (Wildman–Crippen MR) is 125 cm³/mol. The summed E-state index contributed by atoms with van der Waals surface area (Å²) in [7, 11) is 1.99. The van der Waals surface area contributed by atoms with Gasteiger partial charge in [-0.25, -0.2) is 19.3 Å². The molecule has 3 heterocycles. The number of aromatic nitrogens is 4. The van der Waals surface area contributed by atoms with E-state index < -0.39 is 0 Å². The van der Waals surface area contributed by atoms with E-state index in [1.165, 1.54) is 11.6 Å². The second kappa shape index (κ2) is 8.07. The average Bonchev–Trinajstić information content (AvgIpc) is 3.39. The highest BCUT2D eigenvalue weighted by Crippen LogP contribution is 2.35. The number of hydrogen-bond donors (Lipinski definition) is 1. The smallest absolute Gasteiger partial charge is 0.162 e. The molecule has 0 spiro atoms. The van der Waals surface area contributed by atoms with E-state index >= 15 is 0 Å². The van der Waals surface area contributed by atoms with E-state index in [1.54, 1.807) is 18.5 Å². The Labute approximate surface area is 186 Å². The fourth-order valence-corrected chi connectivity index (χ4v) is 4.20. The van der Waals surface area contributed by atoms with Crippen LogP contribution in [0, 0.1) is 5.82 Å². The second-order valence-corrected chi connectivity index (χ2v) is 8.38. The van der Waals surface area contributed by atoms with Crippen LogP contribution in [0.15, 0.2) is 61.1 Å². The van der Waals surface area contributed by atoms with Gasteiger partial charge in [0.1, 0.15) is 11.6 Å². The monoisotopic (exact) mass is 428 g/mol. The molecule has 0 fully saturated rings. The molecule has 0 saturated carbocycles. The Bertz CT molecular complexity index is 1260. The number of nitrogens with one attached hydrogen (secondary N) is 1. The second-order valence-electron chi connectivity index (χ2n) is 8.38. The molecule has 0 aliphatic carbocycles. The molecule has 6 nitrogen and oxygen atoms in total. The van der Waals surface area contributed by atoms with E-state index in [2.05, 4.69) is 44.5 Å². The van der Waals surface area contributed by atoms with E-state index in [0.717, 1.165) is 28.5 Å². The summed E-state index contributed by atoms with van der Waals surface area (Å²) < 4.78 is 16.5. The highest BCUT2D eigenvalue weighted by Gasteiger charge is 2.23. The zero-order valence-corrected chi connectivity index (χ0v) is 18.4. The minimum absolute atomic E-state index is 0.0366. The van der Waals surface area contributed by atoms with Gasteiger partial charge in [-0.1, -0.05) is 50.2 Å². The molecule has 7 heteroatoms. The van der Waals surface area contributed by atoms with Crippen LogP contribution < -0.4 is 10.2 Å². The molecule has 4 aromatic rings. The van der Waals surface area contributed by atoms with Gasteiger partial charge in [0, 0.05) is 42.7 Å². The number of halogens is 1. The largest absolute Gasteiger partial charge is 0.363 e. The Hall–Kier alpha value is -3.74. The average molecular weight is 429 g/mol. The normalized spacial score (nSPS) is 12.8. The minimum Gasteiger partial charge on any atom is -0.363 e. The molecule has 0 saturated heterocycles. The molecule has 0 atom stereocenters. The van der Waals surface area contributed by atoms with Crippen LogP contribution in [0.5, 0.6) is 0 Å². The SMILES string of the molecule is CC(C)c1c(F)cccc1-c1ncc2c(n1)N(Cc1ccc(-c3nccn3C)cc1)CN2. The van der Waals surface area contributed by atoms with Crippen molar-refractivity contribution < 1.29 is 4.39 Å². The van der Waals surface area contributed by atoms with Crippen molar-refractivity contribution in [3.05, 3.63) is 78.0 Å². The summed E-state index contributed by atoms with van der Waals surface area (Å²) in [5.74, 6) is 2.14. The lowest BCUT2D eigenvalue weighted by atomic mass is 9.96. The summed E-state index contributed by atoms with van der Waals surface area (Å²) in [6.45, 7) is 5.32. The van der Waals surface area contributed by atoms with Crippen molar-refractivity contribution in [3.8, 4) is 22.8 Å². The lowest BCUT2D eigenvalue weighted by Gasteiger charge is -2.18. The van der Waals surface area contributed by atoms with E-state index in [9.17, 15) is 4.39 Å². The summed E-state index contributed by atoms with van der Waals surface area (Å²) in [5.41, 5.74) is 4.54. The van der Waals surface area contributed by atoms with Gasteiger partial charge in [-0.2, -0.15) is 0 Å². The van der Waals surface area contributed by atoms with Crippen molar-refractivity contribution in [3.63, 3.8) is 0 Å². The predicted octanol–water partition coefficient (Wildman–Crippen LogP) is 5.20. The Morgan fingerprint density at radius 3 is 2.62 bits per heavy atom. The van der Waals surface area contributed by atoms with Gasteiger partial charge in [0.2, 0.25) is 0 Å². The molecule has 5 rings (SSSR count). The number of fused-ring (bicyclic) bond motifs is 1. The minimum atomic E-state index is -0.218. The van der Waals surface area contributed by atoms with Crippen molar-refractivity contribution in [2.45, 2.75) is 26.3 Å². The van der Waals surface area contributed by atoms with Crippen LogP contribution in [0.4, 0.5) is 15.9 Å². The van der Waals surface area contributed by atoms with Crippen molar-refractivity contribution in [1.29, 1.82) is 0 Å². The fourth-order valence-electron chi connectivity index (χ4n) is 4.20. The molecule has 0 amide bonds. The van der Waals surface area contributed by atoms with Crippen LogP contribution in [-0.2, 0) is 13.6 Å². The molecule has 2 aromatic heterocycles. The van der Waals surface area contributed by atoms with Gasteiger partial charge in [0.15, 0.2) is 11.6 Å². The van der Waals surface area contributed by atoms with Crippen LogP contribution in [0.3, 0.4) is 0 Å². The number of nitrogens with zero attached hydrogens (tertiary/aromatic N) is 5. The summed E-state index contributed by atoms with van der Waals surface area (Å²) >= 11 is 0. The number of hydrogen-bond acceptors (Lipinski definition) is 5. The first-order chi connectivity index (χ1) is 15.5. The first-order valence-electron chi connectivity index (χ1n) is 10.7. The van der Waals surface area contributed by atoms with E-state index in [1.807, 2.05) is 37.7 Å². The fraction of sp³-hybridized carbons (Fsp3) is 0.240. The Balaban J connectivity index is 1.42. The first-order valence-corrected chi connectivity index (χ1v) is 10.7. The third-order valence-electron chi connectivity index (χ3n) is 5.81. The Morgan fingerprint density at radius 1 is 1.09 bits per heavy atom. The van der Waals surface area contributed by atoms with Crippen LogP contribution >= 0.6 is 0 Å². The molecule has 2 aromatic carbocycles. The van der Waals surface area contributed by atoms with Crippen molar-refractivity contribution >= 4 is 11.5 Å². The number of benzene rings is 2. The van der Waals surface area contributed by atoms with Gasteiger partial charge in [-0.3, -0.25) is 0 Å². The number of anilines is 2. The zero-order valence-electron chi connectivity index (χ0n) is 18.4. The molecular weight excluding hydrogens is 403 g/mol. The Morgan fingerprint density at radius 2 is 1.91 bits per heavy atom. The third-order valence-corrected chi connectivity index (χ3v) is 5.81. The molecule has 1 aliphatic heterocycles. The summed E-state index contributed by atoms with van der Waals surface area (Å²) in [6, 6.07) is 13.5. The summed E-state index contributed by atoms with van der Waals surface area (Å²) in [4.78, 5) is 15.9. The van der Waals surface area contributed by atoms with Gasteiger partial charge >= 0.3 is 0 Å². The molecular formula is C25H25FN6. The molecule has 0 unspecified atom stereocenters. The first kappa shape index (κ1) is 20.2. The van der Waals surface area contributed by atoms with Crippen LogP contribution in [0.25, 0.3) is 22.8 Å². The maximum Gasteiger partial charge on any atom is 0.162 e. The standard InChI is InChI=1S/C25H25FN6/c1-16(2)22-19(5-4-6-20(22)26)23-28-13-21-25(30-23)32(15-29-21)14-17-7-9-18(10-8-17)24-27-11-12-31(24)3/h4-13,16,29H,14-15H2,1-3H3. The van der Waals surface area contributed by atoms with Crippen LogP contribution in [0.1, 0.15) is 30.9 Å². The zero-order chi connectivity index (χ0) is 22.2. The van der Waals surface area contributed by atoms with Crippen molar-refractivity contribution in [1.82, 2.24) is 19.5 Å². The number of imidazole rings is 1. The molecule has 0 radical (unpaired) electrons. The highest BCUT2D eigenvalue weighted by molar-refractivity contribution is 5.73. The van der Waals surface area contributed by atoms with Gasteiger partial charge in [0.25, 0.3) is 0 Å². The molecule has 1 aliphatic rings. The maximum atomic E-state index is 14.5. The summed E-state index contributed by atoms with van der Waals surface area (Å²) in [5, 5.41) is 3.35. The van der Waals surface area contributed by atoms with Crippen molar-refractivity contribution in [2.24, 2.45) is 7.05 Å². The van der Waals surface area contributed by atoms with E-state index in [4.69, 9.17) is 4.98 Å². The van der Waals surface area contributed by atoms with Gasteiger partial charge < -0.3 is 14.8 Å². The number of rotatable bonds is 5. The maximum absolute atomic E-state index is 14.5. The van der Waals surface area contributed by atoms with Gasteiger partial charge in [-0.15, -0.1) is 0 Å². The Kier molecular flexibility index (Phi) is 5.09. The lowest BCUT2D eigenvalue weighted by molar-refractivity contribution is 0.599. The topological polar surface area (TPSA) is 58.9 Å². The van der Waals surface area contributed by atoms with E-state index in [-0.39, 0.29) is 11.7 Å². The lowest BCUT2D eigenvalue weighted by Crippen LogP contribution is -2.22. The van der Waals surface area contributed by atoms with Gasteiger partial charge in [0.05, 0.1) is 18.6 Å². The van der Waals surface area contributed by atoms with Gasteiger partial charge in [-0.05, 0) is 17.5 Å². The highest BCUT2D eigenvalue weighted by atomic mass is 19.1. The quantitative estimate of drug-likeness (QED) is 0.474.